The summed E-state index contributed by atoms with van der Waals surface area (Å²) in [5, 5.41) is 0. The fourth-order valence-corrected chi connectivity index (χ4v) is 2.68. The van der Waals surface area contributed by atoms with Crippen molar-refractivity contribution in [3.63, 3.8) is 0 Å². The van der Waals surface area contributed by atoms with Gasteiger partial charge in [0.2, 0.25) is 0 Å². The summed E-state index contributed by atoms with van der Waals surface area (Å²) in [6.45, 7) is 2.13. The predicted molar refractivity (Wildman–Crippen MR) is 82.2 cm³/mol. The molecule has 0 saturated heterocycles. The molecule has 1 aromatic rings. The monoisotopic (exact) mass is 314 g/mol. The summed E-state index contributed by atoms with van der Waals surface area (Å²) in [5.41, 5.74) is 3.91. The third-order valence-electron chi connectivity index (χ3n) is 3.32. The lowest BCUT2D eigenvalue weighted by Gasteiger charge is -2.26. The van der Waals surface area contributed by atoms with Gasteiger partial charge in [-0.15, -0.1) is 0 Å². The van der Waals surface area contributed by atoms with Gasteiger partial charge in [-0.2, -0.15) is 0 Å². The van der Waals surface area contributed by atoms with Crippen molar-refractivity contribution in [2.45, 2.75) is 19.4 Å². The molecule has 3 rings (SSSR count). The van der Waals surface area contributed by atoms with Crippen molar-refractivity contribution >= 4 is 15.9 Å². The molecule has 0 spiro atoms. The van der Waals surface area contributed by atoms with Crippen molar-refractivity contribution in [2.75, 3.05) is 0 Å². The van der Waals surface area contributed by atoms with E-state index in [1.807, 2.05) is 24.3 Å². The number of benzene rings is 1. The summed E-state index contributed by atoms with van der Waals surface area (Å²) >= 11 is 3.44. The molecule has 0 aromatic heterocycles. The molecule has 0 heterocycles. The fourth-order valence-electron chi connectivity index (χ4n) is 2.42. The summed E-state index contributed by atoms with van der Waals surface area (Å²) in [7, 11) is 0. The van der Waals surface area contributed by atoms with Crippen LogP contribution >= 0.6 is 15.9 Å². The highest BCUT2D eigenvalue weighted by Gasteiger charge is 2.21. The summed E-state index contributed by atoms with van der Waals surface area (Å²) in [5.74, 6) is 0.897. The fraction of sp³-hybridized carbons (Fsp3) is 0.176. The third-order valence-corrected chi connectivity index (χ3v) is 3.85. The maximum absolute atomic E-state index is 6.11. The average Bonchev–Trinajstić information content (AvgIpc) is 2.41. The van der Waals surface area contributed by atoms with Crippen molar-refractivity contribution in [1.82, 2.24) is 0 Å². The van der Waals surface area contributed by atoms with Gasteiger partial charge in [0, 0.05) is 4.47 Å². The van der Waals surface area contributed by atoms with E-state index in [2.05, 4.69) is 53.2 Å². The molecule has 0 bridgehead atoms. The van der Waals surface area contributed by atoms with Gasteiger partial charge in [-0.1, -0.05) is 45.8 Å². The molecule has 2 heteroatoms. The van der Waals surface area contributed by atoms with Crippen LogP contribution in [0.4, 0.5) is 0 Å². The molecule has 0 N–H and O–H groups in total. The zero-order chi connectivity index (χ0) is 13.2. The highest BCUT2D eigenvalue weighted by Crippen LogP contribution is 2.32. The first-order chi connectivity index (χ1) is 9.22. The normalized spacial score (nSPS) is 21.2. The minimum atomic E-state index is 0.0196. The standard InChI is InChI=1S/C17H15BrO/c1-12-10-13-4-2-3-5-16(13)17(11-12)19-15-8-6-14(18)7-9-15/h2-3,5-11,17H,4H2,1H3. The Morgan fingerprint density at radius 2 is 2.00 bits per heavy atom. The van der Waals surface area contributed by atoms with E-state index in [0.717, 1.165) is 16.6 Å². The summed E-state index contributed by atoms with van der Waals surface area (Å²) in [4.78, 5) is 0. The van der Waals surface area contributed by atoms with Gasteiger partial charge < -0.3 is 4.74 Å². The van der Waals surface area contributed by atoms with E-state index in [1.165, 1.54) is 16.7 Å². The van der Waals surface area contributed by atoms with E-state index in [1.54, 1.807) is 0 Å². The Morgan fingerprint density at radius 1 is 1.21 bits per heavy atom. The van der Waals surface area contributed by atoms with Gasteiger partial charge in [-0.25, -0.2) is 0 Å². The maximum Gasteiger partial charge on any atom is 0.143 e. The second-order valence-electron chi connectivity index (χ2n) is 4.83. The quantitative estimate of drug-likeness (QED) is 0.749. The molecule has 0 amide bonds. The van der Waals surface area contributed by atoms with Gasteiger partial charge in [-0.05, 0) is 54.8 Å². The van der Waals surface area contributed by atoms with Crippen LogP contribution in [0.25, 0.3) is 0 Å². The van der Waals surface area contributed by atoms with Gasteiger partial charge in [0.05, 0.1) is 0 Å². The smallest absolute Gasteiger partial charge is 0.143 e. The number of allylic oxidation sites excluding steroid dienone is 5. The molecule has 0 fully saturated rings. The van der Waals surface area contributed by atoms with Crippen molar-refractivity contribution in [3.05, 3.63) is 75.8 Å². The van der Waals surface area contributed by atoms with Crippen LogP contribution in [-0.2, 0) is 0 Å². The molecule has 1 nitrogen and oxygen atoms in total. The van der Waals surface area contributed by atoms with Gasteiger partial charge in [0.1, 0.15) is 11.9 Å². The molecule has 1 unspecified atom stereocenters. The molecule has 2 aliphatic carbocycles. The molecule has 1 aromatic carbocycles. The van der Waals surface area contributed by atoms with Crippen molar-refractivity contribution in [3.8, 4) is 5.75 Å². The van der Waals surface area contributed by atoms with Gasteiger partial charge in [-0.3, -0.25) is 0 Å². The minimum absolute atomic E-state index is 0.0196. The first-order valence-corrected chi connectivity index (χ1v) is 7.20. The summed E-state index contributed by atoms with van der Waals surface area (Å²) in [6, 6.07) is 7.98. The number of hydrogen-bond donors (Lipinski definition) is 0. The van der Waals surface area contributed by atoms with Crippen LogP contribution in [0.2, 0.25) is 0 Å². The van der Waals surface area contributed by atoms with E-state index in [9.17, 15) is 0 Å². The highest BCUT2D eigenvalue weighted by atomic mass is 79.9. The number of hydrogen-bond acceptors (Lipinski definition) is 1. The van der Waals surface area contributed by atoms with Crippen LogP contribution < -0.4 is 4.74 Å². The van der Waals surface area contributed by atoms with Crippen LogP contribution in [0.15, 0.2) is 75.8 Å². The molecular weight excluding hydrogens is 300 g/mol. The number of rotatable bonds is 2. The molecule has 0 radical (unpaired) electrons. The number of halogens is 1. The number of fused-ring (bicyclic) bond motifs is 1. The largest absolute Gasteiger partial charge is 0.482 e. The Hall–Kier alpha value is -1.54. The third kappa shape index (κ3) is 2.74. The molecular formula is C17H15BrO. The first kappa shape index (κ1) is 12.5. The predicted octanol–water partition coefficient (Wildman–Crippen LogP) is 4.97. The lowest BCUT2D eigenvalue weighted by Crippen LogP contribution is -2.22. The Bertz CT molecular complexity index is 603. The van der Waals surface area contributed by atoms with Gasteiger partial charge in [0.25, 0.3) is 0 Å². The zero-order valence-corrected chi connectivity index (χ0v) is 12.4. The van der Waals surface area contributed by atoms with Crippen LogP contribution in [0.1, 0.15) is 13.3 Å². The summed E-state index contributed by atoms with van der Waals surface area (Å²) < 4.78 is 7.18. The average molecular weight is 315 g/mol. The molecule has 0 aliphatic heterocycles. The SMILES string of the molecule is CC1=CC(Oc2ccc(Br)cc2)C2=CC=CCC2=C1. The van der Waals surface area contributed by atoms with E-state index < -0.39 is 0 Å². The topological polar surface area (TPSA) is 9.23 Å². The lowest BCUT2D eigenvalue weighted by atomic mass is 9.87. The van der Waals surface area contributed by atoms with E-state index in [4.69, 9.17) is 4.74 Å². The highest BCUT2D eigenvalue weighted by molar-refractivity contribution is 9.10. The van der Waals surface area contributed by atoms with Crippen LogP contribution in [0.3, 0.4) is 0 Å². The molecule has 96 valence electrons. The molecule has 19 heavy (non-hydrogen) atoms. The molecule has 2 aliphatic rings. The van der Waals surface area contributed by atoms with Crippen LogP contribution in [-0.4, -0.2) is 6.10 Å². The van der Waals surface area contributed by atoms with Crippen molar-refractivity contribution < 1.29 is 4.74 Å². The Kier molecular flexibility index (Phi) is 3.43. The maximum atomic E-state index is 6.11. The Balaban J connectivity index is 1.87. The van der Waals surface area contributed by atoms with Crippen LogP contribution in [0.5, 0.6) is 5.75 Å². The zero-order valence-electron chi connectivity index (χ0n) is 10.8. The van der Waals surface area contributed by atoms with Gasteiger partial charge in [0.15, 0.2) is 0 Å². The Morgan fingerprint density at radius 3 is 2.79 bits per heavy atom. The van der Waals surface area contributed by atoms with Gasteiger partial charge >= 0.3 is 0 Å². The molecule has 1 atom stereocenters. The van der Waals surface area contributed by atoms with Crippen molar-refractivity contribution in [2.24, 2.45) is 0 Å². The second kappa shape index (κ2) is 5.22. The van der Waals surface area contributed by atoms with Crippen LogP contribution in [0, 0.1) is 0 Å². The van der Waals surface area contributed by atoms with Crippen molar-refractivity contribution in [1.29, 1.82) is 0 Å². The second-order valence-corrected chi connectivity index (χ2v) is 5.74. The number of ether oxygens (including phenoxy) is 1. The van der Waals surface area contributed by atoms with E-state index >= 15 is 0 Å². The first-order valence-electron chi connectivity index (χ1n) is 6.41. The van der Waals surface area contributed by atoms with E-state index in [0.29, 0.717) is 0 Å². The molecule has 0 saturated carbocycles. The minimum Gasteiger partial charge on any atom is -0.482 e. The van der Waals surface area contributed by atoms with E-state index in [-0.39, 0.29) is 6.10 Å². The Labute approximate surface area is 122 Å². The summed E-state index contributed by atoms with van der Waals surface area (Å²) in [6.07, 6.45) is 11.9. The lowest BCUT2D eigenvalue weighted by molar-refractivity contribution is 0.283.